The van der Waals surface area contributed by atoms with Gasteiger partial charge >= 0.3 is 5.97 Å². The summed E-state index contributed by atoms with van der Waals surface area (Å²) in [6, 6.07) is 3.82. The van der Waals surface area contributed by atoms with Crippen LogP contribution in [0.15, 0.2) is 22.8 Å². The predicted molar refractivity (Wildman–Crippen MR) is 117 cm³/mol. The van der Waals surface area contributed by atoms with E-state index in [0.29, 0.717) is 10.6 Å². The number of nitrogens with two attached hydrogens (primary N) is 1. The van der Waals surface area contributed by atoms with Gasteiger partial charge in [0.05, 0.1) is 35.9 Å². The molecule has 0 radical (unpaired) electrons. The molecular weight excluding hydrogens is 420 g/mol. The first kappa shape index (κ1) is 23.0. The van der Waals surface area contributed by atoms with Gasteiger partial charge in [-0.1, -0.05) is 0 Å². The van der Waals surface area contributed by atoms with Gasteiger partial charge in [0, 0.05) is 26.2 Å². The van der Waals surface area contributed by atoms with Crippen LogP contribution in [0.2, 0.25) is 0 Å². The van der Waals surface area contributed by atoms with Crippen LogP contribution in [0.4, 0.5) is 5.00 Å². The van der Waals surface area contributed by atoms with E-state index in [1.54, 1.807) is 27.0 Å². The van der Waals surface area contributed by atoms with Crippen molar-refractivity contribution >= 4 is 34.1 Å². The van der Waals surface area contributed by atoms with Crippen molar-refractivity contribution in [2.24, 2.45) is 5.73 Å². The van der Waals surface area contributed by atoms with Gasteiger partial charge in [-0.25, -0.2) is 4.79 Å². The minimum absolute atomic E-state index is 0.184. The van der Waals surface area contributed by atoms with E-state index < -0.39 is 11.9 Å². The summed E-state index contributed by atoms with van der Waals surface area (Å²) >= 11 is 0.998. The van der Waals surface area contributed by atoms with E-state index in [9.17, 15) is 14.4 Å². The molecule has 0 atom stereocenters. The predicted octanol–water partition coefficient (Wildman–Crippen LogP) is 2.07. The van der Waals surface area contributed by atoms with E-state index in [-0.39, 0.29) is 29.0 Å². The Morgan fingerprint density at radius 2 is 1.90 bits per heavy atom. The molecular formula is C21H28N4O5S. The number of carbonyl (C=O) groups is 3. The fraction of sp³-hybridized carbons (Fsp3) is 0.476. The number of furan rings is 1. The van der Waals surface area contributed by atoms with Gasteiger partial charge in [-0.3, -0.25) is 19.4 Å². The maximum Gasteiger partial charge on any atom is 0.341 e. The Bertz CT molecular complexity index is 930. The summed E-state index contributed by atoms with van der Waals surface area (Å²) in [5, 5.41) is 3.07. The van der Waals surface area contributed by atoms with E-state index in [4.69, 9.17) is 14.9 Å². The van der Waals surface area contributed by atoms with E-state index in [1.807, 2.05) is 12.1 Å². The fourth-order valence-corrected chi connectivity index (χ4v) is 4.52. The normalized spacial score (nSPS) is 15.2. The topological polar surface area (TPSA) is 118 Å². The molecule has 0 bridgehead atoms. The van der Waals surface area contributed by atoms with Crippen LogP contribution < -0.4 is 11.1 Å². The zero-order chi connectivity index (χ0) is 22.5. The van der Waals surface area contributed by atoms with Gasteiger partial charge in [0.15, 0.2) is 0 Å². The molecule has 2 amide bonds. The second-order valence-corrected chi connectivity index (χ2v) is 8.78. The second-order valence-electron chi connectivity index (χ2n) is 7.76. The number of esters is 1. The van der Waals surface area contributed by atoms with Crippen molar-refractivity contribution in [2.75, 3.05) is 38.0 Å². The third kappa shape index (κ3) is 5.93. The van der Waals surface area contributed by atoms with Gasteiger partial charge in [0.25, 0.3) is 5.91 Å². The van der Waals surface area contributed by atoms with Crippen molar-refractivity contribution in [3.8, 4) is 0 Å². The molecule has 10 heteroatoms. The molecule has 3 rings (SSSR count). The highest BCUT2D eigenvalue weighted by Crippen LogP contribution is 2.33. The van der Waals surface area contributed by atoms with Crippen molar-refractivity contribution in [1.82, 2.24) is 9.80 Å². The third-order valence-electron chi connectivity index (χ3n) is 4.96. The molecule has 2 aromatic rings. The number of hydrogen-bond acceptors (Lipinski definition) is 8. The maximum absolute atomic E-state index is 12.7. The third-order valence-corrected chi connectivity index (χ3v) is 6.18. The van der Waals surface area contributed by atoms with Crippen molar-refractivity contribution in [3.63, 3.8) is 0 Å². The summed E-state index contributed by atoms with van der Waals surface area (Å²) in [6.45, 7) is 9.17. The number of thiophene rings is 1. The van der Waals surface area contributed by atoms with Gasteiger partial charge in [0.2, 0.25) is 5.91 Å². The fourth-order valence-electron chi connectivity index (χ4n) is 3.45. The molecule has 3 N–H and O–H groups in total. The molecule has 2 aromatic heterocycles. The zero-order valence-corrected chi connectivity index (χ0v) is 18.8. The van der Waals surface area contributed by atoms with E-state index in [2.05, 4.69) is 15.1 Å². The average molecular weight is 449 g/mol. The second kappa shape index (κ2) is 10.1. The number of anilines is 1. The van der Waals surface area contributed by atoms with Gasteiger partial charge in [0.1, 0.15) is 10.8 Å². The Morgan fingerprint density at radius 3 is 2.48 bits per heavy atom. The standard InChI is InChI=1S/C21H28N4O5S/c1-13(2)30-21(28)17-14(3)18(19(22)27)31-20(17)23-16(26)12-25-8-6-24(7-9-25)11-15-5-4-10-29-15/h4-5,10,13H,6-9,11-12H2,1-3H3,(H2,22,27)(H,23,26). The number of ether oxygens (including phenoxy) is 1. The summed E-state index contributed by atoms with van der Waals surface area (Å²) in [6.07, 6.45) is 1.33. The molecule has 0 aliphatic carbocycles. The quantitative estimate of drug-likeness (QED) is 0.594. The molecule has 0 aromatic carbocycles. The van der Waals surface area contributed by atoms with Gasteiger partial charge in [-0.2, -0.15) is 0 Å². The largest absolute Gasteiger partial charge is 0.468 e. The molecule has 1 aliphatic heterocycles. The minimum Gasteiger partial charge on any atom is -0.468 e. The molecule has 3 heterocycles. The summed E-state index contributed by atoms with van der Waals surface area (Å²) < 4.78 is 10.7. The molecule has 9 nitrogen and oxygen atoms in total. The van der Waals surface area contributed by atoms with Gasteiger partial charge in [-0.15, -0.1) is 11.3 Å². The molecule has 0 unspecified atom stereocenters. The summed E-state index contributed by atoms with van der Waals surface area (Å²) in [5.74, 6) is -0.562. The van der Waals surface area contributed by atoms with Crippen molar-refractivity contribution in [2.45, 2.75) is 33.4 Å². The highest BCUT2D eigenvalue weighted by Gasteiger charge is 2.27. The Hall–Kier alpha value is -2.69. The van der Waals surface area contributed by atoms with Gasteiger partial charge in [-0.05, 0) is 38.5 Å². The number of amides is 2. The first-order valence-corrected chi connectivity index (χ1v) is 11.0. The number of nitrogens with one attached hydrogen (secondary N) is 1. The first-order chi connectivity index (χ1) is 14.7. The Morgan fingerprint density at radius 1 is 1.23 bits per heavy atom. The number of hydrogen-bond donors (Lipinski definition) is 2. The minimum atomic E-state index is -0.644. The summed E-state index contributed by atoms with van der Waals surface area (Å²) in [4.78, 5) is 41.5. The number of rotatable bonds is 8. The Labute approximate surface area is 185 Å². The van der Waals surface area contributed by atoms with Crippen LogP contribution in [0.3, 0.4) is 0 Å². The van der Waals surface area contributed by atoms with Gasteiger partial charge < -0.3 is 20.2 Å². The Kier molecular flexibility index (Phi) is 7.47. The van der Waals surface area contributed by atoms with E-state index in [1.165, 1.54) is 0 Å². The Balaban J connectivity index is 1.60. The zero-order valence-electron chi connectivity index (χ0n) is 18.0. The lowest BCUT2D eigenvalue weighted by molar-refractivity contribution is -0.117. The molecule has 0 saturated carbocycles. The van der Waals surface area contributed by atoms with Crippen LogP contribution in [-0.4, -0.2) is 66.4 Å². The summed E-state index contributed by atoms with van der Waals surface area (Å²) in [5.41, 5.74) is 6.03. The van der Waals surface area contributed by atoms with Crippen molar-refractivity contribution < 1.29 is 23.5 Å². The van der Waals surface area contributed by atoms with Crippen LogP contribution in [0.5, 0.6) is 0 Å². The van der Waals surface area contributed by atoms with Crippen molar-refractivity contribution in [1.29, 1.82) is 0 Å². The average Bonchev–Trinajstić information content (AvgIpc) is 3.30. The van der Waals surface area contributed by atoms with E-state index >= 15 is 0 Å². The molecule has 1 saturated heterocycles. The number of carbonyl (C=O) groups excluding carboxylic acids is 3. The van der Waals surface area contributed by atoms with Crippen LogP contribution in [0, 0.1) is 6.92 Å². The number of primary amides is 1. The molecule has 31 heavy (non-hydrogen) atoms. The maximum atomic E-state index is 12.7. The lowest BCUT2D eigenvalue weighted by Crippen LogP contribution is -2.48. The van der Waals surface area contributed by atoms with Crippen LogP contribution in [0.25, 0.3) is 0 Å². The van der Waals surface area contributed by atoms with Crippen molar-refractivity contribution in [3.05, 3.63) is 40.2 Å². The smallest absolute Gasteiger partial charge is 0.341 e. The lowest BCUT2D eigenvalue weighted by Gasteiger charge is -2.33. The highest BCUT2D eigenvalue weighted by atomic mass is 32.1. The highest BCUT2D eigenvalue weighted by molar-refractivity contribution is 7.18. The monoisotopic (exact) mass is 448 g/mol. The molecule has 168 valence electrons. The first-order valence-electron chi connectivity index (χ1n) is 10.2. The van der Waals surface area contributed by atoms with E-state index in [0.717, 1.165) is 49.8 Å². The summed E-state index contributed by atoms with van der Waals surface area (Å²) in [7, 11) is 0. The van der Waals surface area contributed by atoms with Crippen LogP contribution in [-0.2, 0) is 16.1 Å². The lowest BCUT2D eigenvalue weighted by atomic mass is 10.1. The number of nitrogens with zero attached hydrogens (tertiary/aromatic N) is 2. The molecule has 0 spiro atoms. The SMILES string of the molecule is Cc1c(C(N)=O)sc(NC(=O)CN2CCN(Cc3ccco3)CC2)c1C(=O)OC(C)C. The van der Waals surface area contributed by atoms with Crippen LogP contribution in [0.1, 0.15) is 45.2 Å². The number of piperazine rings is 1. The van der Waals surface area contributed by atoms with Crippen LogP contribution >= 0.6 is 11.3 Å². The molecule has 1 aliphatic rings. The molecule has 1 fully saturated rings.